The number of piperazine rings is 1. The van der Waals surface area contributed by atoms with Gasteiger partial charge in [0.15, 0.2) is 17.0 Å². The first-order valence-corrected chi connectivity index (χ1v) is 11.3. The molecule has 0 saturated carbocycles. The molecule has 0 aliphatic carbocycles. The van der Waals surface area contributed by atoms with Crippen LogP contribution in [0.25, 0.3) is 11.2 Å². The summed E-state index contributed by atoms with van der Waals surface area (Å²) in [5, 5.41) is 3.30. The molecular weight excluding hydrogens is 428 g/mol. The van der Waals surface area contributed by atoms with Crippen LogP contribution in [0.15, 0.2) is 73.8 Å². The third-order valence-corrected chi connectivity index (χ3v) is 5.84. The number of hydrogen-bond acceptors (Lipinski definition) is 7. The highest BCUT2D eigenvalue weighted by Crippen LogP contribution is 2.24. The first-order valence-electron chi connectivity index (χ1n) is 11.3. The van der Waals surface area contributed by atoms with Crippen LogP contribution in [-0.2, 0) is 6.54 Å². The molecule has 1 saturated heterocycles. The van der Waals surface area contributed by atoms with Crippen molar-refractivity contribution in [2.75, 3.05) is 42.9 Å². The van der Waals surface area contributed by atoms with E-state index in [1.807, 2.05) is 27.7 Å². The number of fused-ring (bicyclic) bond motifs is 1. The maximum Gasteiger partial charge on any atom is 0.254 e. The minimum absolute atomic E-state index is 0.0210. The van der Waals surface area contributed by atoms with E-state index in [1.165, 1.54) is 5.56 Å². The number of aromatic nitrogens is 5. The standard InChI is InChI=1S/C25H26N8O/c1-2-10-27-22-21-23(33(18-28-21)17-19-6-4-3-5-7-19)30-25(29-22)32-15-13-31(14-16-32)24(34)20-8-11-26-12-9-20/h2-9,11-12,18H,1,10,13-17H2,(H,27,29,30). The third-order valence-electron chi connectivity index (χ3n) is 5.84. The van der Waals surface area contributed by atoms with Crippen LogP contribution < -0.4 is 10.2 Å². The number of pyridine rings is 1. The van der Waals surface area contributed by atoms with Crippen LogP contribution in [0.4, 0.5) is 11.8 Å². The summed E-state index contributed by atoms with van der Waals surface area (Å²) in [4.78, 5) is 35.0. The van der Waals surface area contributed by atoms with Gasteiger partial charge >= 0.3 is 0 Å². The van der Waals surface area contributed by atoms with E-state index in [1.54, 1.807) is 36.9 Å². The second kappa shape index (κ2) is 9.70. The lowest BCUT2D eigenvalue weighted by Crippen LogP contribution is -2.49. The number of nitrogens with one attached hydrogen (secondary N) is 1. The lowest BCUT2D eigenvalue weighted by atomic mass is 10.2. The Labute approximate surface area is 197 Å². The Bertz CT molecular complexity index is 1280. The van der Waals surface area contributed by atoms with Crippen molar-refractivity contribution in [3.63, 3.8) is 0 Å². The third kappa shape index (κ3) is 4.45. The van der Waals surface area contributed by atoms with Crippen molar-refractivity contribution < 1.29 is 4.79 Å². The smallest absolute Gasteiger partial charge is 0.254 e. The Hall–Kier alpha value is -4.27. The molecule has 4 aromatic rings. The van der Waals surface area contributed by atoms with Crippen molar-refractivity contribution in [3.05, 3.63) is 85.0 Å². The monoisotopic (exact) mass is 454 g/mol. The topological polar surface area (TPSA) is 92.1 Å². The van der Waals surface area contributed by atoms with Gasteiger partial charge < -0.3 is 19.7 Å². The molecule has 1 aliphatic heterocycles. The fourth-order valence-electron chi connectivity index (χ4n) is 4.05. The zero-order chi connectivity index (χ0) is 23.3. The Morgan fingerprint density at radius 2 is 1.79 bits per heavy atom. The molecule has 0 atom stereocenters. The van der Waals surface area contributed by atoms with Crippen LogP contribution in [0.1, 0.15) is 15.9 Å². The molecule has 172 valence electrons. The number of imidazole rings is 1. The molecule has 0 unspecified atom stereocenters. The average Bonchev–Trinajstić information content (AvgIpc) is 3.30. The van der Waals surface area contributed by atoms with Crippen LogP contribution in [0.2, 0.25) is 0 Å². The zero-order valence-corrected chi connectivity index (χ0v) is 18.8. The van der Waals surface area contributed by atoms with E-state index in [4.69, 9.17) is 9.97 Å². The van der Waals surface area contributed by atoms with Gasteiger partial charge in [-0.15, -0.1) is 6.58 Å². The van der Waals surface area contributed by atoms with Crippen molar-refractivity contribution in [2.24, 2.45) is 0 Å². The highest BCUT2D eigenvalue weighted by atomic mass is 16.2. The molecular formula is C25H26N8O. The van der Waals surface area contributed by atoms with Crippen molar-refractivity contribution in [3.8, 4) is 0 Å². The van der Waals surface area contributed by atoms with Crippen molar-refractivity contribution >= 4 is 28.8 Å². The number of anilines is 2. The minimum atomic E-state index is 0.0210. The largest absolute Gasteiger partial charge is 0.365 e. The van der Waals surface area contributed by atoms with Gasteiger partial charge in [-0.05, 0) is 17.7 Å². The van der Waals surface area contributed by atoms with Gasteiger partial charge in [0.05, 0.1) is 12.9 Å². The molecule has 4 heterocycles. The summed E-state index contributed by atoms with van der Waals surface area (Å²) in [6, 6.07) is 13.7. The SMILES string of the molecule is C=CCNc1nc(N2CCN(C(=O)c3ccncc3)CC2)nc2c1ncn2Cc1ccccc1. The molecule has 0 radical (unpaired) electrons. The summed E-state index contributed by atoms with van der Waals surface area (Å²) in [6.07, 6.45) is 6.88. The van der Waals surface area contributed by atoms with Crippen molar-refractivity contribution in [2.45, 2.75) is 6.54 Å². The number of rotatable bonds is 7. The first kappa shape index (κ1) is 21.6. The summed E-state index contributed by atoms with van der Waals surface area (Å²) in [7, 11) is 0. The number of hydrogen-bond donors (Lipinski definition) is 1. The zero-order valence-electron chi connectivity index (χ0n) is 18.8. The molecule has 1 aliphatic rings. The van der Waals surface area contributed by atoms with E-state index in [9.17, 15) is 4.79 Å². The summed E-state index contributed by atoms with van der Waals surface area (Å²) >= 11 is 0. The van der Waals surface area contributed by atoms with Gasteiger partial charge in [-0.25, -0.2) is 4.98 Å². The lowest BCUT2D eigenvalue weighted by molar-refractivity contribution is 0.0746. The first-order chi connectivity index (χ1) is 16.7. The van der Waals surface area contributed by atoms with Crippen LogP contribution in [-0.4, -0.2) is 68.0 Å². The summed E-state index contributed by atoms with van der Waals surface area (Å²) in [6.45, 7) is 7.53. The predicted molar refractivity (Wildman–Crippen MR) is 132 cm³/mol. The van der Waals surface area contributed by atoms with E-state index in [2.05, 4.69) is 38.9 Å². The van der Waals surface area contributed by atoms with Crippen LogP contribution >= 0.6 is 0 Å². The second-order valence-corrected chi connectivity index (χ2v) is 8.09. The Balaban J connectivity index is 1.39. The van der Waals surface area contributed by atoms with Gasteiger partial charge in [0, 0.05) is 50.7 Å². The highest BCUT2D eigenvalue weighted by Gasteiger charge is 2.25. The average molecular weight is 455 g/mol. The van der Waals surface area contributed by atoms with Crippen LogP contribution in [0, 0.1) is 0 Å². The van der Waals surface area contributed by atoms with E-state index in [-0.39, 0.29) is 5.91 Å². The summed E-state index contributed by atoms with van der Waals surface area (Å²) in [5.74, 6) is 1.33. The van der Waals surface area contributed by atoms with Gasteiger partial charge in [-0.2, -0.15) is 9.97 Å². The number of carbonyl (C=O) groups is 1. The lowest BCUT2D eigenvalue weighted by Gasteiger charge is -2.34. The quantitative estimate of drug-likeness (QED) is 0.429. The summed E-state index contributed by atoms with van der Waals surface area (Å²) < 4.78 is 2.04. The van der Waals surface area contributed by atoms with E-state index in [0.717, 1.165) is 11.2 Å². The van der Waals surface area contributed by atoms with Gasteiger partial charge in [-0.1, -0.05) is 36.4 Å². The van der Waals surface area contributed by atoms with Crippen LogP contribution in [0.3, 0.4) is 0 Å². The van der Waals surface area contributed by atoms with Gasteiger partial charge in [0.2, 0.25) is 5.95 Å². The predicted octanol–water partition coefficient (Wildman–Crippen LogP) is 2.83. The molecule has 0 spiro atoms. The molecule has 3 aromatic heterocycles. The molecule has 0 bridgehead atoms. The number of benzene rings is 1. The van der Waals surface area contributed by atoms with Crippen molar-refractivity contribution in [1.82, 2.24) is 29.4 Å². The normalized spacial score (nSPS) is 13.8. The molecule has 1 amide bonds. The van der Waals surface area contributed by atoms with E-state index in [0.29, 0.717) is 56.6 Å². The summed E-state index contributed by atoms with van der Waals surface area (Å²) in [5.41, 5.74) is 3.33. The van der Waals surface area contributed by atoms with Gasteiger partial charge in [0.25, 0.3) is 5.91 Å². The fraction of sp³-hybridized carbons (Fsp3) is 0.240. The number of carbonyl (C=O) groups excluding carboxylic acids is 1. The maximum absolute atomic E-state index is 12.8. The van der Waals surface area contributed by atoms with Gasteiger partial charge in [-0.3, -0.25) is 9.78 Å². The Morgan fingerprint density at radius 3 is 2.53 bits per heavy atom. The number of nitrogens with zero attached hydrogens (tertiary/aromatic N) is 7. The van der Waals surface area contributed by atoms with Crippen molar-refractivity contribution in [1.29, 1.82) is 0 Å². The molecule has 1 N–H and O–H groups in total. The fourth-order valence-corrected chi connectivity index (χ4v) is 4.05. The highest BCUT2D eigenvalue weighted by molar-refractivity contribution is 5.94. The maximum atomic E-state index is 12.8. The van der Waals surface area contributed by atoms with Crippen LogP contribution in [0.5, 0.6) is 0 Å². The molecule has 34 heavy (non-hydrogen) atoms. The Morgan fingerprint density at radius 1 is 1.03 bits per heavy atom. The molecule has 9 heteroatoms. The second-order valence-electron chi connectivity index (χ2n) is 8.09. The van der Waals surface area contributed by atoms with E-state index < -0.39 is 0 Å². The van der Waals surface area contributed by atoms with E-state index >= 15 is 0 Å². The molecule has 9 nitrogen and oxygen atoms in total. The molecule has 5 rings (SSSR count). The van der Waals surface area contributed by atoms with Gasteiger partial charge in [0.1, 0.15) is 0 Å². The molecule has 1 aromatic carbocycles. The number of amides is 1. The Kier molecular flexibility index (Phi) is 6.15. The minimum Gasteiger partial charge on any atom is -0.365 e. The molecule has 1 fully saturated rings.